The highest BCUT2D eigenvalue weighted by molar-refractivity contribution is 5.94. The molecule has 1 fully saturated rings. The van der Waals surface area contributed by atoms with Gasteiger partial charge in [-0.3, -0.25) is 4.79 Å². The van der Waals surface area contributed by atoms with E-state index in [4.69, 9.17) is 4.74 Å². The van der Waals surface area contributed by atoms with E-state index in [0.29, 0.717) is 22.6 Å². The molecule has 1 aliphatic carbocycles. The maximum atomic E-state index is 12.3. The third-order valence-electron chi connectivity index (χ3n) is 6.32. The zero-order chi connectivity index (χ0) is 21.2. The summed E-state index contributed by atoms with van der Waals surface area (Å²) in [6.07, 6.45) is 2.66. The predicted molar refractivity (Wildman–Crippen MR) is 119 cm³/mol. The molecule has 0 atom stereocenters. The molecule has 3 aromatic rings. The van der Waals surface area contributed by atoms with Gasteiger partial charge in [-0.15, -0.1) is 12.4 Å². The van der Waals surface area contributed by atoms with E-state index in [1.807, 2.05) is 19.2 Å². The van der Waals surface area contributed by atoms with E-state index < -0.39 is 22.8 Å². The van der Waals surface area contributed by atoms with Crippen LogP contribution in [0.1, 0.15) is 41.4 Å². The number of carbonyl (C=O) groups is 1. The van der Waals surface area contributed by atoms with Gasteiger partial charge in [0.05, 0.1) is 17.8 Å². The summed E-state index contributed by atoms with van der Waals surface area (Å²) >= 11 is 0. The lowest BCUT2D eigenvalue weighted by atomic mass is 9.99. The van der Waals surface area contributed by atoms with Crippen LogP contribution in [0.2, 0.25) is 0 Å². The predicted octanol–water partition coefficient (Wildman–Crippen LogP) is 2.94. The summed E-state index contributed by atoms with van der Waals surface area (Å²) < 4.78 is 8.04. The van der Waals surface area contributed by atoms with Gasteiger partial charge in [-0.1, -0.05) is 0 Å². The molecule has 3 heterocycles. The zero-order valence-corrected chi connectivity index (χ0v) is 18.1. The summed E-state index contributed by atoms with van der Waals surface area (Å²) in [5, 5.41) is 24.3. The molecule has 4 N–H and O–H groups in total. The van der Waals surface area contributed by atoms with Gasteiger partial charge in [0, 0.05) is 53.8 Å². The number of hydrogen-bond acceptors (Lipinski definition) is 5. The molecule has 2 aliphatic rings. The van der Waals surface area contributed by atoms with Crippen LogP contribution in [0, 0.1) is 0 Å². The molecule has 0 amide bonds. The number of aromatic nitrogens is 2. The van der Waals surface area contributed by atoms with Crippen LogP contribution in [-0.2, 0) is 20.0 Å². The molecule has 0 saturated heterocycles. The van der Waals surface area contributed by atoms with E-state index in [1.54, 1.807) is 0 Å². The Morgan fingerprint density at radius 3 is 2.74 bits per heavy atom. The molecule has 1 saturated carbocycles. The Bertz CT molecular complexity index is 1270. The Balaban J connectivity index is 0.00000231. The summed E-state index contributed by atoms with van der Waals surface area (Å²) in [4.78, 5) is 26.4. The van der Waals surface area contributed by atoms with Crippen LogP contribution in [0.5, 0.6) is 11.5 Å². The standard InChI is InChI=1S/C22H23N3O5.ClH/c1-22(4-5-22)23-10-12-7-11-8-14-16(9-15(11)25(12)2)30-6-3-13-18(14)24-20(27)17(19(13)26)21(28)29;/h7-9,23H,3-6,10H2,1-2H3,(H,28,29)(H2,24,26,27);1H. The van der Waals surface area contributed by atoms with Gasteiger partial charge in [-0.2, -0.15) is 0 Å². The molecular weight excluding hydrogens is 422 g/mol. The van der Waals surface area contributed by atoms with Crippen molar-refractivity contribution in [2.75, 3.05) is 6.61 Å². The fourth-order valence-corrected chi connectivity index (χ4v) is 4.14. The SMILES string of the molecule is Cl.Cn1c(CNC2(C)CC2)cc2cc3c(cc21)OCCc1c-3[nH]c(=O)c(C(=O)O)c1O. The van der Waals surface area contributed by atoms with Gasteiger partial charge >= 0.3 is 5.97 Å². The van der Waals surface area contributed by atoms with E-state index in [9.17, 15) is 19.8 Å². The van der Waals surface area contributed by atoms with Crippen molar-refractivity contribution in [2.24, 2.45) is 7.05 Å². The Kier molecular flexibility index (Phi) is 5.02. The minimum atomic E-state index is -1.46. The highest BCUT2D eigenvalue weighted by Gasteiger charge is 2.36. The maximum absolute atomic E-state index is 12.3. The van der Waals surface area contributed by atoms with Gasteiger partial charge in [-0.25, -0.2) is 4.79 Å². The quantitative estimate of drug-likeness (QED) is 0.490. The summed E-state index contributed by atoms with van der Waals surface area (Å²) in [5.41, 5.74) is 2.32. The van der Waals surface area contributed by atoms with Gasteiger partial charge in [0.1, 0.15) is 11.5 Å². The summed E-state index contributed by atoms with van der Waals surface area (Å²) in [6, 6.07) is 5.96. The topological polar surface area (TPSA) is 117 Å². The molecule has 0 spiro atoms. The maximum Gasteiger partial charge on any atom is 0.345 e. The fourth-order valence-electron chi connectivity index (χ4n) is 4.14. The number of aromatic amines is 1. The number of benzene rings is 1. The van der Waals surface area contributed by atoms with Crippen molar-refractivity contribution in [1.82, 2.24) is 14.9 Å². The fraction of sp³-hybridized carbons (Fsp3) is 0.364. The molecular formula is C22H24ClN3O5. The Morgan fingerprint density at radius 1 is 1.32 bits per heavy atom. The third kappa shape index (κ3) is 3.45. The largest absolute Gasteiger partial charge is 0.506 e. The first-order chi connectivity index (χ1) is 14.3. The number of fused-ring (bicyclic) bond motifs is 4. The lowest BCUT2D eigenvalue weighted by Gasteiger charge is -2.12. The number of carboxylic acid groups (broad SMARTS) is 1. The number of halogens is 1. The lowest BCUT2D eigenvalue weighted by Crippen LogP contribution is -2.27. The lowest BCUT2D eigenvalue weighted by molar-refractivity contribution is 0.0691. The van der Waals surface area contributed by atoms with E-state index in [-0.39, 0.29) is 31.0 Å². The molecule has 8 nitrogen and oxygen atoms in total. The van der Waals surface area contributed by atoms with Crippen molar-refractivity contribution in [3.63, 3.8) is 0 Å². The Labute approximate surface area is 184 Å². The number of rotatable bonds is 4. The summed E-state index contributed by atoms with van der Waals surface area (Å²) in [7, 11) is 2.01. The van der Waals surface area contributed by atoms with Crippen LogP contribution in [0.3, 0.4) is 0 Å². The average Bonchev–Trinajstić information content (AvgIpc) is 3.38. The second-order valence-electron chi connectivity index (χ2n) is 8.45. The van der Waals surface area contributed by atoms with Gasteiger partial charge in [0.2, 0.25) is 0 Å². The van der Waals surface area contributed by atoms with Crippen molar-refractivity contribution in [3.05, 3.63) is 45.4 Å². The minimum absolute atomic E-state index is 0. The Morgan fingerprint density at radius 2 is 2.06 bits per heavy atom. The zero-order valence-electron chi connectivity index (χ0n) is 17.2. The van der Waals surface area contributed by atoms with Crippen molar-refractivity contribution < 1.29 is 19.7 Å². The number of ether oxygens (including phenoxy) is 1. The third-order valence-corrected chi connectivity index (χ3v) is 6.32. The molecule has 0 unspecified atom stereocenters. The Hall–Kier alpha value is -2.97. The first-order valence-corrected chi connectivity index (χ1v) is 9.99. The van der Waals surface area contributed by atoms with Crippen LogP contribution in [0.25, 0.3) is 22.2 Å². The van der Waals surface area contributed by atoms with Crippen molar-refractivity contribution in [2.45, 2.75) is 38.3 Å². The number of pyridine rings is 1. The number of hydrogen-bond donors (Lipinski definition) is 4. The molecule has 1 aromatic carbocycles. The smallest absolute Gasteiger partial charge is 0.345 e. The van der Waals surface area contributed by atoms with E-state index >= 15 is 0 Å². The highest BCUT2D eigenvalue weighted by atomic mass is 35.5. The molecule has 2 aromatic heterocycles. The molecule has 1 aliphatic heterocycles. The second-order valence-corrected chi connectivity index (χ2v) is 8.45. The van der Waals surface area contributed by atoms with Gasteiger partial charge in [0.25, 0.3) is 5.56 Å². The summed E-state index contributed by atoms with van der Waals surface area (Å²) in [6.45, 7) is 3.24. The van der Waals surface area contributed by atoms with E-state index in [2.05, 4.69) is 27.9 Å². The normalized spacial score (nSPS) is 15.9. The van der Waals surface area contributed by atoms with Crippen LogP contribution in [0.4, 0.5) is 0 Å². The van der Waals surface area contributed by atoms with Gasteiger partial charge in [-0.05, 0) is 31.9 Å². The van der Waals surface area contributed by atoms with E-state index in [1.165, 1.54) is 12.8 Å². The van der Waals surface area contributed by atoms with Crippen LogP contribution >= 0.6 is 12.4 Å². The molecule has 31 heavy (non-hydrogen) atoms. The second kappa shape index (κ2) is 7.32. The number of nitrogens with one attached hydrogen (secondary N) is 2. The molecule has 164 valence electrons. The number of aryl methyl sites for hydroxylation is 1. The number of H-pyrrole nitrogens is 1. The minimum Gasteiger partial charge on any atom is -0.506 e. The van der Waals surface area contributed by atoms with Gasteiger partial charge < -0.3 is 29.8 Å². The summed E-state index contributed by atoms with van der Waals surface area (Å²) in [5.74, 6) is -1.36. The number of nitrogens with zero attached hydrogens (tertiary/aromatic N) is 1. The van der Waals surface area contributed by atoms with Crippen LogP contribution < -0.4 is 15.6 Å². The molecule has 0 bridgehead atoms. The van der Waals surface area contributed by atoms with Crippen molar-refractivity contribution in [1.29, 1.82) is 0 Å². The average molecular weight is 446 g/mol. The first-order valence-electron chi connectivity index (χ1n) is 9.99. The number of carboxylic acids is 1. The highest BCUT2D eigenvalue weighted by Crippen LogP contribution is 2.41. The van der Waals surface area contributed by atoms with Crippen molar-refractivity contribution in [3.8, 4) is 22.8 Å². The van der Waals surface area contributed by atoms with Crippen LogP contribution in [-0.4, -0.2) is 37.9 Å². The molecule has 9 heteroatoms. The molecule has 5 rings (SSSR count). The molecule has 0 radical (unpaired) electrons. The first kappa shape index (κ1) is 21.3. The van der Waals surface area contributed by atoms with Gasteiger partial charge in [0.15, 0.2) is 5.56 Å². The van der Waals surface area contributed by atoms with Crippen LogP contribution in [0.15, 0.2) is 23.0 Å². The van der Waals surface area contributed by atoms with E-state index in [0.717, 1.165) is 23.1 Å². The number of aromatic hydroxyl groups is 1. The monoisotopic (exact) mass is 445 g/mol. The van der Waals surface area contributed by atoms with Crippen molar-refractivity contribution >= 4 is 29.3 Å². The number of aromatic carboxylic acids is 1.